The summed E-state index contributed by atoms with van der Waals surface area (Å²) in [5.74, 6) is -0.312. The summed E-state index contributed by atoms with van der Waals surface area (Å²) < 4.78 is 49.6. The smallest absolute Gasteiger partial charge is 0.329 e. The maximum Gasteiger partial charge on any atom is 0.389 e. The van der Waals surface area contributed by atoms with Gasteiger partial charge in [-0.15, -0.1) is 0 Å². The highest BCUT2D eigenvalue weighted by Gasteiger charge is 2.31. The molecule has 1 atom stereocenters. The van der Waals surface area contributed by atoms with Gasteiger partial charge in [0.25, 0.3) is 0 Å². The van der Waals surface area contributed by atoms with E-state index < -0.39 is 18.1 Å². The van der Waals surface area contributed by atoms with E-state index in [-0.39, 0.29) is 18.8 Å². The molecule has 0 saturated heterocycles. The third-order valence-electron chi connectivity index (χ3n) is 3.87. The lowest BCUT2D eigenvalue weighted by atomic mass is 9.92. The highest BCUT2D eigenvalue weighted by Crippen LogP contribution is 2.27. The molecule has 2 nitrogen and oxygen atoms in total. The van der Waals surface area contributed by atoms with Crippen LogP contribution in [-0.2, 0) is 6.54 Å². The Labute approximate surface area is 122 Å². The highest BCUT2D eigenvalue weighted by atomic mass is 19.4. The first-order valence-corrected chi connectivity index (χ1v) is 6.89. The molecule has 0 saturated carbocycles. The molecule has 0 aliphatic heterocycles. The van der Waals surface area contributed by atoms with Crippen molar-refractivity contribution in [3.05, 3.63) is 35.6 Å². The summed E-state index contributed by atoms with van der Waals surface area (Å²) in [5, 5.41) is 0. The van der Waals surface area contributed by atoms with Gasteiger partial charge in [0.1, 0.15) is 5.82 Å². The van der Waals surface area contributed by atoms with Crippen LogP contribution in [0.4, 0.5) is 17.6 Å². The second-order valence-electron chi connectivity index (χ2n) is 5.65. The molecule has 6 heteroatoms. The lowest BCUT2D eigenvalue weighted by Gasteiger charge is -2.38. The van der Waals surface area contributed by atoms with E-state index in [1.807, 2.05) is 18.9 Å². The second kappa shape index (κ2) is 7.22. The van der Waals surface area contributed by atoms with Crippen molar-refractivity contribution in [3.63, 3.8) is 0 Å². The molecule has 1 aromatic carbocycles. The quantitative estimate of drug-likeness (QED) is 0.778. The fraction of sp³-hybridized carbons (Fsp3) is 0.600. The van der Waals surface area contributed by atoms with Crippen LogP contribution < -0.4 is 5.73 Å². The Morgan fingerprint density at radius 1 is 1.10 bits per heavy atom. The number of alkyl halides is 3. The summed E-state index contributed by atoms with van der Waals surface area (Å²) >= 11 is 0. The molecule has 0 aromatic heterocycles. The van der Waals surface area contributed by atoms with E-state index in [1.54, 1.807) is 12.1 Å². The zero-order valence-electron chi connectivity index (χ0n) is 12.4. The van der Waals surface area contributed by atoms with Crippen molar-refractivity contribution in [1.29, 1.82) is 0 Å². The van der Waals surface area contributed by atoms with Gasteiger partial charge in [-0.3, -0.25) is 4.90 Å². The summed E-state index contributed by atoms with van der Waals surface area (Å²) in [4.78, 5) is 1.93. The molecule has 0 bridgehead atoms. The van der Waals surface area contributed by atoms with Gasteiger partial charge in [0.15, 0.2) is 0 Å². The van der Waals surface area contributed by atoms with Crippen LogP contribution in [0.25, 0.3) is 0 Å². The summed E-state index contributed by atoms with van der Waals surface area (Å²) in [6.07, 6.45) is -4.52. The first-order valence-electron chi connectivity index (χ1n) is 6.89. The zero-order valence-corrected chi connectivity index (χ0v) is 12.4. The van der Waals surface area contributed by atoms with Crippen molar-refractivity contribution in [3.8, 4) is 0 Å². The largest absolute Gasteiger partial charge is 0.389 e. The van der Waals surface area contributed by atoms with E-state index in [4.69, 9.17) is 5.73 Å². The topological polar surface area (TPSA) is 29.3 Å². The van der Waals surface area contributed by atoms with Gasteiger partial charge in [0, 0.05) is 25.0 Å². The molecule has 1 unspecified atom stereocenters. The van der Waals surface area contributed by atoms with Crippen LogP contribution in [0.5, 0.6) is 0 Å². The number of hydrogen-bond donors (Lipinski definition) is 1. The Hall–Kier alpha value is -1.14. The zero-order chi connectivity index (χ0) is 16.1. The lowest BCUT2D eigenvalue weighted by molar-refractivity contribution is -0.136. The summed E-state index contributed by atoms with van der Waals surface area (Å²) in [5.41, 5.74) is 6.14. The number of hydrogen-bond acceptors (Lipinski definition) is 2. The SMILES string of the molecule is CN(Cc1ccc(F)cc1)C(C)(CN)CCCC(F)(F)F. The average molecular weight is 306 g/mol. The summed E-state index contributed by atoms with van der Waals surface area (Å²) in [7, 11) is 1.82. The van der Waals surface area contributed by atoms with Gasteiger partial charge in [0.2, 0.25) is 0 Å². The number of nitrogens with two attached hydrogens (primary N) is 1. The van der Waals surface area contributed by atoms with E-state index in [9.17, 15) is 17.6 Å². The Kier molecular flexibility index (Phi) is 6.16. The van der Waals surface area contributed by atoms with Crippen molar-refractivity contribution in [2.24, 2.45) is 5.73 Å². The van der Waals surface area contributed by atoms with Crippen LogP contribution in [0.3, 0.4) is 0 Å². The minimum absolute atomic E-state index is 0.0466. The third-order valence-corrected chi connectivity index (χ3v) is 3.87. The van der Waals surface area contributed by atoms with E-state index in [2.05, 4.69) is 0 Å². The number of nitrogens with zero attached hydrogens (tertiary/aromatic N) is 1. The van der Waals surface area contributed by atoms with Crippen molar-refractivity contribution in [2.45, 2.75) is 44.4 Å². The predicted octanol–water partition coefficient (Wildman–Crippen LogP) is 3.71. The van der Waals surface area contributed by atoms with Crippen molar-refractivity contribution >= 4 is 0 Å². The minimum Gasteiger partial charge on any atom is -0.329 e. The summed E-state index contributed by atoms with van der Waals surface area (Å²) in [6.45, 7) is 2.63. The number of rotatable bonds is 7. The molecule has 0 aliphatic rings. The number of likely N-dealkylation sites (N-methyl/N-ethyl adjacent to an activating group) is 1. The molecule has 120 valence electrons. The van der Waals surface area contributed by atoms with Gasteiger partial charge in [-0.1, -0.05) is 12.1 Å². The molecular formula is C15H22F4N2. The number of benzene rings is 1. The van der Waals surface area contributed by atoms with E-state index in [0.29, 0.717) is 13.0 Å². The van der Waals surface area contributed by atoms with Gasteiger partial charge >= 0.3 is 6.18 Å². The fourth-order valence-electron chi connectivity index (χ4n) is 2.17. The van der Waals surface area contributed by atoms with Gasteiger partial charge in [-0.25, -0.2) is 4.39 Å². The highest BCUT2D eigenvalue weighted by molar-refractivity contribution is 5.16. The van der Waals surface area contributed by atoms with Gasteiger partial charge in [0.05, 0.1) is 0 Å². The van der Waals surface area contributed by atoms with E-state index >= 15 is 0 Å². The van der Waals surface area contributed by atoms with Gasteiger partial charge in [-0.2, -0.15) is 13.2 Å². The number of halogens is 4. The normalized spacial score (nSPS) is 15.2. The van der Waals surface area contributed by atoms with Gasteiger partial charge < -0.3 is 5.73 Å². The fourth-order valence-corrected chi connectivity index (χ4v) is 2.17. The predicted molar refractivity (Wildman–Crippen MR) is 75.2 cm³/mol. The molecule has 2 N–H and O–H groups in total. The van der Waals surface area contributed by atoms with Crippen molar-refractivity contribution < 1.29 is 17.6 Å². The lowest BCUT2D eigenvalue weighted by Crippen LogP contribution is -2.49. The van der Waals surface area contributed by atoms with Crippen LogP contribution in [0.2, 0.25) is 0 Å². The molecular weight excluding hydrogens is 284 g/mol. The first-order chi connectivity index (χ1) is 9.66. The molecule has 1 rings (SSSR count). The van der Waals surface area contributed by atoms with Crippen molar-refractivity contribution in [1.82, 2.24) is 4.90 Å². The second-order valence-corrected chi connectivity index (χ2v) is 5.65. The average Bonchev–Trinajstić information content (AvgIpc) is 2.39. The monoisotopic (exact) mass is 306 g/mol. The van der Waals surface area contributed by atoms with Crippen molar-refractivity contribution in [2.75, 3.05) is 13.6 Å². The Balaban J connectivity index is 2.61. The molecule has 0 radical (unpaired) electrons. The van der Waals surface area contributed by atoms with Gasteiger partial charge in [-0.05, 0) is 44.5 Å². The molecule has 0 spiro atoms. The van der Waals surface area contributed by atoms with Crippen LogP contribution in [-0.4, -0.2) is 30.2 Å². The Bertz CT molecular complexity index is 430. The Morgan fingerprint density at radius 3 is 2.14 bits per heavy atom. The van der Waals surface area contributed by atoms with E-state index in [0.717, 1.165) is 5.56 Å². The van der Waals surface area contributed by atoms with E-state index in [1.165, 1.54) is 12.1 Å². The molecule has 0 amide bonds. The van der Waals surface area contributed by atoms with Crippen LogP contribution in [0, 0.1) is 5.82 Å². The maximum absolute atomic E-state index is 12.9. The Morgan fingerprint density at radius 2 is 1.67 bits per heavy atom. The first kappa shape index (κ1) is 17.9. The minimum atomic E-state index is -4.13. The molecule has 0 aliphatic carbocycles. The third kappa shape index (κ3) is 6.01. The molecule has 0 fully saturated rings. The van der Waals surface area contributed by atoms with Crippen LogP contribution in [0.1, 0.15) is 31.7 Å². The maximum atomic E-state index is 12.9. The molecule has 0 heterocycles. The molecule has 1 aromatic rings. The van der Waals surface area contributed by atoms with Crippen LogP contribution >= 0.6 is 0 Å². The van der Waals surface area contributed by atoms with Crippen LogP contribution in [0.15, 0.2) is 24.3 Å². The standard InChI is InChI=1S/C15H22F4N2/c1-14(11-20,8-3-9-15(17,18)19)21(2)10-12-4-6-13(16)7-5-12/h4-7H,3,8-11,20H2,1-2H3. The molecule has 21 heavy (non-hydrogen) atoms. The summed E-state index contributed by atoms with van der Waals surface area (Å²) in [6, 6.07) is 6.07.